The third kappa shape index (κ3) is 5.33. The third-order valence-corrected chi connectivity index (χ3v) is 5.45. The molecule has 154 valence electrons. The number of fused-ring (bicyclic) bond motifs is 1. The molecule has 0 unspecified atom stereocenters. The summed E-state index contributed by atoms with van der Waals surface area (Å²) in [6, 6.07) is 0. The van der Waals surface area contributed by atoms with Gasteiger partial charge in [-0.1, -0.05) is 25.2 Å². The Morgan fingerprint density at radius 3 is 2.54 bits per heavy atom. The minimum atomic E-state index is -0.453. The van der Waals surface area contributed by atoms with E-state index in [0.717, 1.165) is 5.57 Å². The number of allylic oxidation sites excluding steroid dienone is 1. The van der Waals surface area contributed by atoms with E-state index in [2.05, 4.69) is 6.58 Å². The molecule has 1 fully saturated rings. The average molecular weight is 390 g/mol. The van der Waals surface area contributed by atoms with Gasteiger partial charge >= 0.3 is 17.9 Å². The van der Waals surface area contributed by atoms with Crippen molar-refractivity contribution in [1.82, 2.24) is 0 Å². The lowest BCUT2D eigenvalue weighted by atomic mass is 9.82. The van der Waals surface area contributed by atoms with Gasteiger partial charge in [-0.05, 0) is 45.6 Å². The van der Waals surface area contributed by atoms with Crippen molar-refractivity contribution in [3.8, 4) is 0 Å². The summed E-state index contributed by atoms with van der Waals surface area (Å²) in [6.45, 7) is 12.6. The predicted octanol–water partition coefficient (Wildman–Crippen LogP) is 3.66. The fourth-order valence-electron chi connectivity index (χ4n) is 3.73. The number of rotatable bonds is 3. The molecule has 0 aromatic rings. The van der Waals surface area contributed by atoms with Crippen LogP contribution >= 0.6 is 0 Å². The summed E-state index contributed by atoms with van der Waals surface area (Å²) in [5.74, 6) is -1.48. The zero-order chi connectivity index (χ0) is 21.0. The Morgan fingerprint density at radius 2 is 1.93 bits per heavy atom. The standard InChI is InChI=1S/C22H30O6/c1-7-13(3)21(24)27-19-11-18-15(5)22(25)28-20(18)9-12(2)8-17(10-14(19)4)26-16(6)23/h7,9,14,17-20H,5,8,10-11H2,1-4,6H3/t14-,17+,18+,19+,20-/m1/s1. The number of hydrogen-bond acceptors (Lipinski definition) is 6. The van der Waals surface area contributed by atoms with Crippen LogP contribution in [0.1, 0.15) is 53.9 Å². The number of carbonyl (C=O) groups is 3. The zero-order valence-electron chi connectivity index (χ0n) is 17.3. The van der Waals surface area contributed by atoms with Crippen molar-refractivity contribution in [2.75, 3.05) is 0 Å². The first-order valence-corrected chi connectivity index (χ1v) is 9.70. The van der Waals surface area contributed by atoms with E-state index in [-0.39, 0.29) is 29.9 Å². The number of carbonyl (C=O) groups excluding carboxylic acids is 3. The first kappa shape index (κ1) is 21.9. The highest BCUT2D eigenvalue weighted by Gasteiger charge is 2.41. The summed E-state index contributed by atoms with van der Waals surface area (Å²) in [5, 5.41) is 0. The molecule has 2 rings (SSSR count). The first-order valence-electron chi connectivity index (χ1n) is 9.70. The van der Waals surface area contributed by atoms with Crippen molar-refractivity contribution in [2.24, 2.45) is 11.8 Å². The number of esters is 3. The lowest BCUT2D eigenvalue weighted by molar-refractivity contribution is -0.153. The average Bonchev–Trinajstić information content (AvgIpc) is 2.86. The van der Waals surface area contributed by atoms with E-state index in [1.807, 2.05) is 19.9 Å². The Balaban J connectivity index is 2.36. The second-order valence-electron chi connectivity index (χ2n) is 7.81. The second kappa shape index (κ2) is 9.22. The van der Waals surface area contributed by atoms with Gasteiger partial charge in [0.15, 0.2) is 0 Å². The SMILES string of the molecule is C=C1C(=O)O[C@@H]2C=C(C)C[C@H](OC(C)=O)C[C@@H](C)[C@@H](OC(=O)C(C)=CC)C[C@@H]12. The lowest BCUT2D eigenvalue weighted by Crippen LogP contribution is -2.34. The molecular formula is C22H30O6. The van der Waals surface area contributed by atoms with Gasteiger partial charge in [-0.3, -0.25) is 4.79 Å². The first-order chi connectivity index (χ1) is 13.1. The van der Waals surface area contributed by atoms with Crippen LogP contribution in [0.25, 0.3) is 0 Å². The van der Waals surface area contributed by atoms with Gasteiger partial charge in [-0.25, -0.2) is 9.59 Å². The Kier molecular flexibility index (Phi) is 7.22. The molecule has 2 aliphatic rings. The van der Waals surface area contributed by atoms with Crippen LogP contribution < -0.4 is 0 Å². The summed E-state index contributed by atoms with van der Waals surface area (Å²) in [5.41, 5.74) is 1.91. The predicted molar refractivity (Wildman–Crippen MR) is 104 cm³/mol. The fourth-order valence-corrected chi connectivity index (χ4v) is 3.73. The minimum Gasteiger partial charge on any atom is -0.462 e. The summed E-state index contributed by atoms with van der Waals surface area (Å²) >= 11 is 0. The van der Waals surface area contributed by atoms with Crippen LogP contribution in [0.3, 0.4) is 0 Å². The zero-order valence-corrected chi connectivity index (χ0v) is 17.3. The van der Waals surface area contributed by atoms with Gasteiger partial charge in [-0.2, -0.15) is 0 Å². The molecule has 1 heterocycles. The smallest absolute Gasteiger partial charge is 0.334 e. The molecule has 5 atom stereocenters. The number of hydrogen-bond donors (Lipinski definition) is 0. The highest BCUT2D eigenvalue weighted by atomic mass is 16.6. The fraction of sp³-hybridized carbons (Fsp3) is 0.591. The van der Waals surface area contributed by atoms with Gasteiger partial charge in [0.05, 0.1) is 0 Å². The van der Waals surface area contributed by atoms with E-state index in [9.17, 15) is 14.4 Å². The molecule has 0 bridgehead atoms. The molecule has 0 saturated carbocycles. The molecular weight excluding hydrogens is 360 g/mol. The van der Waals surface area contributed by atoms with E-state index in [4.69, 9.17) is 14.2 Å². The van der Waals surface area contributed by atoms with Crippen LogP contribution in [-0.4, -0.2) is 36.2 Å². The van der Waals surface area contributed by atoms with E-state index in [0.29, 0.717) is 30.4 Å². The molecule has 6 heteroatoms. The van der Waals surface area contributed by atoms with Gasteiger partial charge in [-0.15, -0.1) is 0 Å². The van der Waals surface area contributed by atoms with Crippen LogP contribution in [-0.2, 0) is 28.6 Å². The third-order valence-electron chi connectivity index (χ3n) is 5.45. The maximum atomic E-state index is 12.4. The van der Waals surface area contributed by atoms with Gasteiger partial charge in [0.25, 0.3) is 0 Å². The maximum absolute atomic E-state index is 12.4. The lowest BCUT2D eigenvalue weighted by Gasteiger charge is -2.31. The van der Waals surface area contributed by atoms with Crippen LogP contribution in [0.15, 0.2) is 35.5 Å². The van der Waals surface area contributed by atoms with Crippen molar-refractivity contribution >= 4 is 17.9 Å². The molecule has 1 saturated heterocycles. The van der Waals surface area contributed by atoms with E-state index < -0.39 is 18.2 Å². The highest BCUT2D eigenvalue weighted by molar-refractivity contribution is 5.91. The van der Waals surface area contributed by atoms with Crippen molar-refractivity contribution in [3.63, 3.8) is 0 Å². The molecule has 1 aliphatic heterocycles. The van der Waals surface area contributed by atoms with E-state index >= 15 is 0 Å². The van der Waals surface area contributed by atoms with E-state index in [1.165, 1.54) is 6.92 Å². The molecule has 6 nitrogen and oxygen atoms in total. The second-order valence-corrected chi connectivity index (χ2v) is 7.81. The van der Waals surface area contributed by atoms with Crippen LogP contribution in [0.5, 0.6) is 0 Å². The molecule has 0 amide bonds. The number of ether oxygens (including phenoxy) is 3. The van der Waals surface area contributed by atoms with Crippen LogP contribution in [0.4, 0.5) is 0 Å². The molecule has 0 N–H and O–H groups in total. The van der Waals surface area contributed by atoms with E-state index in [1.54, 1.807) is 19.9 Å². The molecule has 0 spiro atoms. The Labute approximate surface area is 166 Å². The quantitative estimate of drug-likeness (QED) is 0.317. The molecule has 28 heavy (non-hydrogen) atoms. The summed E-state index contributed by atoms with van der Waals surface area (Å²) in [4.78, 5) is 36.0. The van der Waals surface area contributed by atoms with Crippen LogP contribution in [0.2, 0.25) is 0 Å². The normalized spacial score (nSPS) is 31.4. The Morgan fingerprint density at radius 1 is 1.25 bits per heavy atom. The summed E-state index contributed by atoms with van der Waals surface area (Å²) < 4.78 is 16.7. The molecule has 0 radical (unpaired) electrons. The Hall–Kier alpha value is -2.37. The van der Waals surface area contributed by atoms with Gasteiger partial charge < -0.3 is 14.2 Å². The van der Waals surface area contributed by atoms with Gasteiger partial charge in [0.1, 0.15) is 18.3 Å². The molecule has 1 aliphatic carbocycles. The van der Waals surface area contributed by atoms with Gasteiger partial charge in [0.2, 0.25) is 0 Å². The van der Waals surface area contributed by atoms with Crippen molar-refractivity contribution < 1.29 is 28.6 Å². The van der Waals surface area contributed by atoms with Crippen molar-refractivity contribution in [3.05, 3.63) is 35.5 Å². The summed E-state index contributed by atoms with van der Waals surface area (Å²) in [6.07, 6.45) is 3.87. The van der Waals surface area contributed by atoms with Crippen molar-refractivity contribution in [1.29, 1.82) is 0 Å². The van der Waals surface area contributed by atoms with Gasteiger partial charge in [0, 0.05) is 30.4 Å². The molecule has 0 aromatic heterocycles. The topological polar surface area (TPSA) is 78.9 Å². The Bertz CT molecular complexity index is 717. The maximum Gasteiger partial charge on any atom is 0.334 e. The van der Waals surface area contributed by atoms with Crippen molar-refractivity contribution in [2.45, 2.75) is 72.2 Å². The largest absolute Gasteiger partial charge is 0.462 e. The molecule has 0 aromatic carbocycles. The van der Waals surface area contributed by atoms with Crippen LogP contribution in [0, 0.1) is 11.8 Å². The summed E-state index contributed by atoms with van der Waals surface area (Å²) in [7, 11) is 0. The highest BCUT2D eigenvalue weighted by Crippen LogP contribution is 2.37. The minimum absolute atomic E-state index is 0.0759. The monoisotopic (exact) mass is 390 g/mol.